The quantitative estimate of drug-likeness (QED) is 0.837. The molecule has 2 N–H and O–H groups in total. The third-order valence-electron chi connectivity index (χ3n) is 2.79. The molecule has 1 aromatic carbocycles. The predicted octanol–water partition coefficient (Wildman–Crippen LogP) is 1.95. The van der Waals surface area contributed by atoms with Crippen molar-refractivity contribution in [3.63, 3.8) is 0 Å². The topological polar surface area (TPSA) is 93.4 Å². The Bertz CT molecular complexity index is 581. The van der Waals surface area contributed by atoms with Gasteiger partial charge in [-0.1, -0.05) is 11.6 Å². The van der Waals surface area contributed by atoms with Gasteiger partial charge in [0.05, 0.1) is 23.7 Å². The SMILES string of the molecule is CC(C)N(CC(=O)O)CC(=O)Nc1ccc(C#N)c(Cl)c1. The lowest BCUT2D eigenvalue weighted by Gasteiger charge is -2.23. The number of carboxylic acids is 1. The van der Waals surface area contributed by atoms with Crippen LogP contribution in [0, 0.1) is 11.3 Å². The second kappa shape index (κ2) is 7.62. The number of carbonyl (C=O) groups is 2. The van der Waals surface area contributed by atoms with Crippen molar-refractivity contribution < 1.29 is 14.7 Å². The van der Waals surface area contributed by atoms with E-state index in [0.717, 1.165) is 0 Å². The molecule has 112 valence electrons. The van der Waals surface area contributed by atoms with Crippen molar-refractivity contribution in [2.45, 2.75) is 19.9 Å². The van der Waals surface area contributed by atoms with Gasteiger partial charge in [-0.3, -0.25) is 14.5 Å². The average Bonchev–Trinajstić information content (AvgIpc) is 2.37. The zero-order valence-corrected chi connectivity index (χ0v) is 12.5. The van der Waals surface area contributed by atoms with E-state index < -0.39 is 5.97 Å². The second-order valence-electron chi connectivity index (χ2n) is 4.75. The fourth-order valence-corrected chi connectivity index (χ4v) is 1.89. The van der Waals surface area contributed by atoms with E-state index in [1.54, 1.807) is 6.07 Å². The summed E-state index contributed by atoms with van der Waals surface area (Å²) in [5.74, 6) is -1.33. The monoisotopic (exact) mass is 309 g/mol. The van der Waals surface area contributed by atoms with Crippen LogP contribution in [0.3, 0.4) is 0 Å². The number of nitriles is 1. The summed E-state index contributed by atoms with van der Waals surface area (Å²) in [6.45, 7) is 3.38. The van der Waals surface area contributed by atoms with Gasteiger partial charge in [-0.25, -0.2) is 0 Å². The number of hydrogen-bond donors (Lipinski definition) is 2. The maximum Gasteiger partial charge on any atom is 0.317 e. The lowest BCUT2D eigenvalue weighted by atomic mass is 10.2. The highest BCUT2D eigenvalue weighted by atomic mass is 35.5. The number of benzene rings is 1. The minimum atomic E-state index is -0.988. The van der Waals surface area contributed by atoms with Gasteiger partial charge in [-0.15, -0.1) is 0 Å². The summed E-state index contributed by atoms with van der Waals surface area (Å²) in [7, 11) is 0. The van der Waals surface area contributed by atoms with Crippen LogP contribution in [-0.4, -0.2) is 41.0 Å². The molecule has 0 aromatic heterocycles. The van der Waals surface area contributed by atoms with Gasteiger partial charge in [0, 0.05) is 11.7 Å². The molecule has 0 aliphatic rings. The Morgan fingerprint density at radius 1 is 1.43 bits per heavy atom. The Morgan fingerprint density at radius 3 is 2.57 bits per heavy atom. The Labute approximate surface area is 127 Å². The first-order valence-electron chi connectivity index (χ1n) is 6.28. The van der Waals surface area contributed by atoms with Gasteiger partial charge in [0.1, 0.15) is 6.07 Å². The maximum atomic E-state index is 11.9. The van der Waals surface area contributed by atoms with Crippen molar-refractivity contribution in [2.24, 2.45) is 0 Å². The van der Waals surface area contributed by atoms with E-state index in [1.807, 2.05) is 19.9 Å². The smallest absolute Gasteiger partial charge is 0.317 e. The number of amides is 1. The van der Waals surface area contributed by atoms with Crippen LogP contribution in [0.5, 0.6) is 0 Å². The Kier molecular flexibility index (Phi) is 6.15. The van der Waals surface area contributed by atoms with Crippen LogP contribution in [0.25, 0.3) is 0 Å². The fraction of sp³-hybridized carbons (Fsp3) is 0.357. The normalized spacial score (nSPS) is 10.5. The summed E-state index contributed by atoms with van der Waals surface area (Å²) in [5.41, 5.74) is 0.785. The van der Waals surface area contributed by atoms with E-state index in [9.17, 15) is 9.59 Å². The zero-order valence-electron chi connectivity index (χ0n) is 11.8. The molecule has 0 heterocycles. The molecule has 0 atom stereocenters. The molecule has 7 heteroatoms. The largest absolute Gasteiger partial charge is 0.480 e. The highest BCUT2D eigenvalue weighted by Gasteiger charge is 2.17. The first-order valence-corrected chi connectivity index (χ1v) is 6.66. The number of nitrogens with zero attached hydrogens (tertiary/aromatic N) is 2. The fourth-order valence-electron chi connectivity index (χ4n) is 1.66. The molecule has 1 rings (SSSR count). The average molecular weight is 310 g/mol. The van der Waals surface area contributed by atoms with Gasteiger partial charge in [0.2, 0.25) is 5.91 Å². The van der Waals surface area contributed by atoms with E-state index in [2.05, 4.69) is 5.32 Å². The van der Waals surface area contributed by atoms with E-state index >= 15 is 0 Å². The van der Waals surface area contributed by atoms with E-state index in [4.69, 9.17) is 22.0 Å². The molecule has 0 unspecified atom stereocenters. The molecule has 1 amide bonds. The Hall–Kier alpha value is -2.10. The van der Waals surface area contributed by atoms with Crippen LogP contribution in [-0.2, 0) is 9.59 Å². The van der Waals surface area contributed by atoms with Crippen LogP contribution in [0.2, 0.25) is 5.02 Å². The van der Waals surface area contributed by atoms with Crippen molar-refractivity contribution in [2.75, 3.05) is 18.4 Å². The summed E-state index contributed by atoms with van der Waals surface area (Å²) in [4.78, 5) is 24.2. The van der Waals surface area contributed by atoms with E-state index in [0.29, 0.717) is 11.3 Å². The molecule has 1 aromatic rings. The molecular weight excluding hydrogens is 294 g/mol. The predicted molar refractivity (Wildman–Crippen MR) is 79.1 cm³/mol. The van der Waals surface area contributed by atoms with Crippen LogP contribution < -0.4 is 5.32 Å². The number of anilines is 1. The van der Waals surface area contributed by atoms with Crippen LogP contribution in [0.4, 0.5) is 5.69 Å². The lowest BCUT2D eigenvalue weighted by Crippen LogP contribution is -2.41. The lowest BCUT2D eigenvalue weighted by molar-refractivity contribution is -0.139. The van der Waals surface area contributed by atoms with Crippen molar-refractivity contribution in [3.05, 3.63) is 28.8 Å². The number of nitrogens with one attached hydrogen (secondary N) is 1. The number of carbonyl (C=O) groups excluding carboxylic acids is 1. The number of hydrogen-bond acceptors (Lipinski definition) is 4. The third kappa shape index (κ3) is 5.42. The van der Waals surface area contributed by atoms with Crippen molar-refractivity contribution in [3.8, 4) is 6.07 Å². The van der Waals surface area contributed by atoms with Crippen molar-refractivity contribution >= 4 is 29.2 Å². The third-order valence-corrected chi connectivity index (χ3v) is 3.10. The zero-order chi connectivity index (χ0) is 16.0. The molecule has 0 aliphatic carbocycles. The molecule has 0 radical (unpaired) electrons. The summed E-state index contributed by atoms with van der Waals surface area (Å²) in [5, 5.41) is 20.5. The molecular formula is C14H16ClN3O3. The highest BCUT2D eigenvalue weighted by molar-refractivity contribution is 6.32. The molecule has 6 nitrogen and oxygen atoms in total. The first kappa shape index (κ1) is 17.0. The molecule has 0 spiro atoms. The van der Waals surface area contributed by atoms with Crippen LogP contribution in [0.1, 0.15) is 19.4 Å². The summed E-state index contributed by atoms with van der Waals surface area (Å²) in [6, 6.07) is 6.41. The minimum absolute atomic E-state index is 0.0401. The number of carboxylic acid groups (broad SMARTS) is 1. The van der Waals surface area contributed by atoms with Crippen LogP contribution >= 0.6 is 11.6 Å². The van der Waals surface area contributed by atoms with E-state index in [1.165, 1.54) is 17.0 Å². The van der Waals surface area contributed by atoms with Gasteiger partial charge in [0.15, 0.2) is 0 Å². The number of aliphatic carboxylic acids is 1. The molecule has 0 bridgehead atoms. The van der Waals surface area contributed by atoms with Crippen molar-refractivity contribution in [1.82, 2.24) is 4.90 Å². The summed E-state index contributed by atoms with van der Waals surface area (Å²) < 4.78 is 0. The van der Waals surface area contributed by atoms with Gasteiger partial charge in [0.25, 0.3) is 0 Å². The van der Waals surface area contributed by atoms with Crippen LogP contribution in [0.15, 0.2) is 18.2 Å². The minimum Gasteiger partial charge on any atom is -0.480 e. The molecule has 0 saturated heterocycles. The van der Waals surface area contributed by atoms with Gasteiger partial charge >= 0.3 is 5.97 Å². The van der Waals surface area contributed by atoms with Gasteiger partial charge in [-0.05, 0) is 32.0 Å². The standard InChI is InChI=1S/C14H16ClN3O3/c1-9(2)18(8-14(20)21)7-13(19)17-11-4-3-10(6-16)12(15)5-11/h3-5,9H,7-8H2,1-2H3,(H,17,19)(H,20,21). The second-order valence-corrected chi connectivity index (χ2v) is 5.15. The van der Waals surface area contributed by atoms with E-state index in [-0.39, 0.29) is 30.1 Å². The summed E-state index contributed by atoms with van der Waals surface area (Å²) >= 11 is 5.88. The molecule has 0 fully saturated rings. The summed E-state index contributed by atoms with van der Waals surface area (Å²) in [6.07, 6.45) is 0. The first-order chi connectivity index (χ1) is 9.83. The maximum absolute atomic E-state index is 11.9. The number of halogens is 1. The molecule has 0 aliphatic heterocycles. The van der Waals surface area contributed by atoms with Gasteiger partial charge in [-0.2, -0.15) is 5.26 Å². The highest BCUT2D eigenvalue weighted by Crippen LogP contribution is 2.20. The van der Waals surface area contributed by atoms with Crippen molar-refractivity contribution in [1.29, 1.82) is 5.26 Å². The molecule has 0 saturated carbocycles. The number of rotatable bonds is 6. The Balaban J connectivity index is 2.70. The molecule has 21 heavy (non-hydrogen) atoms. The Morgan fingerprint density at radius 2 is 2.10 bits per heavy atom. The van der Waals surface area contributed by atoms with Gasteiger partial charge < -0.3 is 10.4 Å².